The van der Waals surface area contributed by atoms with Crippen molar-refractivity contribution in [3.63, 3.8) is 0 Å². The Bertz CT molecular complexity index is 389. The van der Waals surface area contributed by atoms with Crippen LogP contribution in [0.4, 0.5) is 0 Å². The van der Waals surface area contributed by atoms with Gasteiger partial charge in [-0.05, 0) is 13.3 Å². The summed E-state index contributed by atoms with van der Waals surface area (Å²) in [4.78, 5) is 4.12. The Morgan fingerprint density at radius 1 is 0.870 bits per heavy atom. The fourth-order valence-electron chi connectivity index (χ4n) is 2.00. The summed E-state index contributed by atoms with van der Waals surface area (Å²) in [6, 6.07) is 0. The highest BCUT2D eigenvalue weighted by atomic mass is 127. The van der Waals surface area contributed by atoms with E-state index in [1.165, 1.54) is 38.5 Å². The van der Waals surface area contributed by atoms with E-state index in [2.05, 4.69) is 27.3 Å². The molecule has 0 aliphatic rings. The summed E-state index contributed by atoms with van der Waals surface area (Å²) in [5.74, 6) is 0.833. The summed E-state index contributed by atoms with van der Waals surface area (Å²) >= 11 is 0. The normalized spacial score (nSPS) is 11.9. The molecule has 0 amide bonds. The standard InChI is InChI=1S/C15H34N4O2S.HI/c1-4-6-7-8-9-10-11-12-17-15(16-3)18-13-14-19-22(20,21)5-2;/h19H,4-14H2,1-3H3,(H2,16,17,18);1H. The number of unbranched alkanes of at least 4 members (excludes halogenated alkanes) is 6. The number of sulfonamides is 1. The van der Waals surface area contributed by atoms with E-state index in [4.69, 9.17) is 0 Å². The average molecular weight is 462 g/mol. The SMILES string of the molecule is CCCCCCCCCNC(=NC)NCCNS(=O)(=O)CC.I. The van der Waals surface area contributed by atoms with Crippen LogP contribution >= 0.6 is 24.0 Å². The van der Waals surface area contributed by atoms with E-state index in [0.29, 0.717) is 13.1 Å². The Morgan fingerprint density at radius 2 is 1.43 bits per heavy atom. The minimum Gasteiger partial charge on any atom is -0.356 e. The van der Waals surface area contributed by atoms with E-state index in [-0.39, 0.29) is 29.7 Å². The van der Waals surface area contributed by atoms with Crippen molar-refractivity contribution in [2.24, 2.45) is 4.99 Å². The molecule has 0 rings (SSSR count). The molecule has 0 bridgehead atoms. The first-order chi connectivity index (χ1) is 10.6. The van der Waals surface area contributed by atoms with Crippen molar-refractivity contribution in [1.82, 2.24) is 15.4 Å². The minimum atomic E-state index is -3.11. The molecule has 6 nitrogen and oxygen atoms in total. The number of hydrogen-bond donors (Lipinski definition) is 3. The van der Waals surface area contributed by atoms with Gasteiger partial charge < -0.3 is 10.6 Å². The average Bonchev–Trinajstić information content (AvgIpc) is 2.51. The van der Waals surface area contributed by atoms with Crippen molar-refractivity contribution >= 4 is 40.0 Å². The Balaban J connectivity index is 0. The third kappa shape index (κ3) is 16.5. The number of rotatable bonds is 13. The quantitative estimate of drug-likeness (QED) is 0.170. The largest absolute Gasteiger partial charge is 0.356 e. The van der Waals surface area contributed by atoms with Crippen LogP contribution in [0.5, 0.6) is 0 Å². The predicted molar refractivity (Wildman–Crippen MR) is 110 cm³/mol. The molecule has 3 N–H and O–H groups in total. The summed E-state index contributed by atoms with van der Waals surface area (Å²) in [6.07, 6.45) is 8.99. The van der Waals surface area contributed by atoms with Crippen LogP contribution in [0.25, 0.3) is 0 Å². The smallest absolute Gasteiger partial charge is 0.211 e. The number of nitrogens with one attached hydrogen (secondary N) is 3. The third-order valence-electron chi connectivity index (χ3n) is 3.42. The van der Waals surface area contributed by atoms with Gasteiger partial charge in [0.2, 0.25) is 10.0 Å². The van der Waals surface area contributed by atoms with Gasteiger partial charge >= 0.3 is 0 Å². The van der Waals surface area contributed by atoms with Crippen molar-refractivity contribution in [3.8, 4) is 0 Å². The molecular weight excluding hydrogens is 427 g/mol. The summed E-state index contributed by atoms with van der Waals surface area (Å²) in [5.41, 5.74) is 0. The summed E-state index contributed by atoms with van der Waals surface area (Å²) in [6.45, 7) is 5.65. The molecule has 0 saturated carbocycles. The number of guanidine groups is 1. The van der Waals surface area contributed by atoms with Crippen molar-refractivity contribution in [2.75, 3.05) is 32.4 Å². The molecule has 0 saturated heterocycles. The maximum Gasteiger partial charge on any atom is 0.211 e. The van der Waals surface area contributed by atoms with Crippen molar-refractivity contribution in [2.45, 2.75) is 58.8 Å². The highest BCUT2D eigenvalue weighted by Gasteiger charge is 2.04. The van der Waals surface area contributed by atoms with E-state index in [1.54, 1.807) is 14.0 Å². The minimum absolute atomic E-state index is 0. The lowest BCUT2D eigenvalue weighted by Crippen LogP contribution is -2.42. The second-order valence-corrected chi connectivity index (χ2v) is 7.44. The molecule has 140 valence electrons. The van der Waals surface area contributed by atoms with Crippen LogP contribution in [0.1, 0.15) is 58.8 Å². The maximum atomic E-state index is 11.3. The highest BCUT2D eigenvalue weighted by molar-refractivity contribution is 14.0. The molecule has 23 heavy (non-hydrogen) atoms. The number of nitrogens with zero attached hydrogens (tertiary/aromatic N) is 1. The van der Waals surface area contributed by atoms with Crippen LogP contribution < -0.4 is 15.4 Å². The summed E-state index contributed by atoms with van der Waals surface area (Å²) < 4.78 is 25.0. The van der Waals surface area contributed by atoms with E-state index in [0.717, 1.165) is 18.9 Å². The Morgan fingerprint density at radius 3 is 2.00 bits per heavy atom. The molecule has 0 unspecified atom stereocenters. The molecule has 0 aromatic heterocycles. The predicted octanol–water partition coefficient (Wildman–Crippen LogP) is 2.46. The zero-order valence-electron chi connectivity index (χ0n) is 14.9. The van der Waals surface area contributed by atoms with Gasteiger partial charge in [0.15, 0.2) is 5.96 Å². The monoisotopic (exact) mass is 462 g/mol. The molecule has 0 aliphatic heterocycles. The van der Waals surface area contributed by atoms with Crippen LogP contribution in [0, 0.1) is 0 Å². The van der Waals surface area contributed by atoms with Crippen LogP contribution in [0.2, 0.25) is 0 Å². The highest BCUT2D eigenvalue weighted by Crippen LogP contribution is 2.06. The Labute approximate surface area is 159 Å². The number of hydrogen-bond acceptors (Lipinski definition) is 3. The fraction of sp³-hybridized carbons (Fsp3) is 0.933. The van der Waals surface area contributed by atoms with Crippen molar-refractivity contribution in [1.29, 1.82) is 0 Å². The van der Waals surface area contributed by atoms with Gasteiger partial charge in [0.1, 0.15) is 0 Å². The van der Waals surface area contributed by atoms with Crippen molar-refractivity contribution < 1.29 is 8.42 Å². The molecule has 0 atom stereocenters. The van der Waals surface area contributed by atoms with Gasteiger partial charge in [-0.3, -0.25) is 4.99 Å². The Hall–Kier alpha value is -0.0900. The zero-order valence-corrected chi connectivity index (χ0v) is 18.0. The van der Waals surface area contributed by atoms with Gasteiger partial charge in [0.05, 0.1) is 5.75 Å². The first-order valence-corrected chi connectivity index (χ1v) is 10.1. The molecule has 0 aliphatic carbocycles. The molecule has 8 heteroatoms. The van der Waals surface area contributed by atoms with Gasteiger partial charge in [0.25, 0.3) is 0 Å². The third-order valence-corrected chi connectivity index (χ3v) is 4.82. The van der Waals surface area contributed by atoms with E-state index >= 15 is 0 Å². The first-order valence-electron chi connectivity index (χ1n) is 8.47. The number of halogens is 1. The topological polar surface area (TPSA) is 82.6 Å². The molecule has 0 aromatic rings. The maximum absolute atomic E-state index is 11.3. The zero-order chi connectivity index (χ0) is 16.7. The molecule has 0 heterocycles. The fourth-order valence-corrected chi connectivity index (χ4v) is 2.62. The lowest BCUT2D eigenvalue weighted by Gasteiger charge is -2.12. The summed E-state index contributed by atoms with van der Waals surface area (Å²) in [7, 11) is -1.39. The lowest BCUT2D eigenvalue weighted by atomic mass is 10.1. The van der Waals surface area contributed by atoms with Gasteiger partial charge in [-0.25, -0.2) is 13.1 Å². The van der Waals surface area contributed by atoms with Crippen LogP contribution in [0.15, 0.2) is 4.99 Å². The van der Waals surface area contributed by atoms with Gasteiger partial charge in [-0.2, -0.15) is 0 Å². The van der Waals surface area contributed by atoms with E-state index in [9.17, 15) is 8.42 Å². The molecule has 0 aromatic carbocycles. The van der Waals surface area contributed by atoms with Crippen LogP contribution in [-0.4, -0.2) is 46.8 Å². The van der Waals surface area contributed by atoms with Crippen LogP contribution in [-0.2, 0) is 10.0 Å². The second-order valence-electron chi connectivity index (χ2n) is 5.34. The Kier molecular flexibility index (Phi) is 18.3. The molecule has 0 fully saturated rings. The van der Waals surface area contributed by atoms with Crippen molar-refractivity contribution in [3.05, 3.63) is 0 Å². The second kappa shape index (κ2) is 16.8. The first kappa shape index (κ1) is 25.2. The van der Waals surface area contributed by atoms with E-state index < -0.39 is 10.0 Å². The lowest BCUT2D eigenvalue weighted by molar-refractivity contribution is 0.579. The molecular formula is C15H35IN4O2S. The van der Waals surface area contributed by atoms with Crippen LogP contribution in [0.3, 0.4) is 0 Å². The van der Waals surface area contributed by atoms with Gasteiger partial charge in [0, 0.05) is 26.7 Å². The molecule has 0 spiro atoms. The summed E-state index contributed by atoms with van der Waals surface area (Å²) in [5, 5.41) is 6.34. The molecule has 0 radical (unpaired) electrons. The van der Waals surface area contributed by atoms with Gasteiger partial charge in [-0.15, -0.1) is 24.0 Å². The van der Waals surface area contributed by atoms with E-state index in [1.807, 2.05) is 0 Å². The number of aliphatic imine (C=N–C) groups is 1. The van der Waals surface area contributed by atoms with Gasteiger partial charge in [-0.1, -0.05) is 45.4 Å².